The molecule has 0 bridgehead atoms. The van der Waals surface area contributed by atoms with Gasteiger partial charge in [-0.2, -0.15) is 0 Å². The fraction of sp³-hybridized carbons (Fsp3) is 0.235. The van der Waals surface area contributed by atoms with Crippen molar-refractivity contribution in [3.8, 4) is 0 Å². The number of carbonyl (C=O) groups excluding carboxylic acids is 1. The largest absolute Gasteiger partial charge is 0.465 e. The lowest BCUT2D eigenvalue weighted by atomic mass is 10.1. The number of anilines is 1. The zero-order chi connectivity index (χ0) is 17.7. The number of methoxy groups -OCH3 is 1. The van der Waals surface area contributed by atoms with Crippen molar-refractivity contribution in [3.05, 3.63) is 59.7 Å². The third-order valence-corrected chi connectivity index (χ3v) is 5.30. The van der Waals surface area contributed by atoms with Crippen LogP contribution < -0.4 is 5.32 Å². The smallest absolute Gasteiger partial charge is 0.339 e. The fourth-order valence-corrected chi connectivity index (χ4v) is 3.12. The van der Waals surface area contributed by atoms with Crippen LogP contribution in [0.1, 0.15) is 15.9 Å². The summed E-state index contributed by atoms with van der Waals surface area (Å²) in [4.78, 5) is 12.0. The normalized spacial score (nSPS) is 11.3. The topological polar surface area (TPSA) is 75.7 Å². The number of ether oxygens (including phenoxy) is 1. The van der Waals surface area contributed by atoms with E-state index in [4.69, 9.17) is 4.74 Å². The van der Waals surface area contributed by atoms with Crippen molar-refractivity contribution in [1.29, 1.82) is 0 Å². The van der Waals surface area contributed by atoms with E-state index in [0.29, 0.717) is 17.8 Å². The second-order valence-corrected chi connectivity index (χ2v) is 7.48. The van der Waals surface area contributed by atoms with Gasteiger partial charge in [-0.05, 0) is 29.8 Å². The summed E-state index contributed by atoms with van der Waals surface area (Å²) < 4.78 is 30.3. The van der Waals surface area contributed by atoms with Crippen molar-refractivity contribution in [3.63, 3.8) is 0 Å². The van der Waals surface area contributed by atoms with Crippen LogP contribution in [-0.2, 0) is 21.3 Å². The summed E-state index contributed by atoms with van der Waals surface area (Å²) in [6.07, 6.45) is 0. The number of para-hydroxylation sites is 1. The number of esters is 1. The Morgan fingerprint density at radius 2 is 1.83 bits per heavy atom. The van der Waals surface area contributed by atoms with Gasteiger partial charge in [0.15, 0.2) is 0 Å². The molecule has 1 N–H and O–H groups in total. The highest BCUT2D eigenvalue weighted by atomic mass is 32.2. The summed E-state index contributed by atoms with van der Waals surface area (Å²) >= 11 is 0. The molecule has 7 heteroatoms. The Bertz CT molecular complexity index is 832. The average Bonchev–Trinajstić information content (AvgIpc) is 2.59. The first-order chi connectivity index (χ1) is 11.4. The molecule has 6 nitrogen and oxygen atoms in total. The van der Waals surface area contributed by atoms with Gasteiger partial charge in [0, 0.05) is 26.3 Å². The molecule has 0 fully saturated rings. The first kappa shape index (κ1) is 18.0. The summed E-state index contributed by atoms with van der Waals surface area (Å²) in [5.41, 5.74) is 1.85. The molecule has 24 heavy (non-hydrogen) atoms. The predicted octanol–water partition coefficient (Wildman–Crippen LogP) is 2.34. The van der Waals surface area contributed by atoms with Crippen molar-refractivity contribution >= 4 is 21.7 Å². The van der Waals surface area contributed by atoms with E-state index in [1.165, 1.54) is 25.5 Å². The van der Waals surface area contributed by atoms with Crippen LogP contribution in [0, 0.1) is 0 Å². The Morgan fingerprint density at radius 1 is 1.12 bits per heavy atom. The lowest BCUT2D eigenvalue weighted by molar-refractivity contribution is 0.0602. The molecule has 128 valence electrons. The third-order valence-electron chi connectivity index (χ3n) is 3.49. The van der Waals surface area contributed by atoms with E-state index in [2.05, 4.69) is 5.32 Å². The van der Waals surface area contributed by atoms with Crippen molar-refractivity contribution < 1.29 is 17.9 Å². The van der Waals surface area contributed by atoms with Gasteiger partial charge in [0.2, 0.25) is 10.0 Å². The van der Waals surface area contributed by atoms with E-state index in [1.54, 1.807) is 36.4 Å². The molecule has 0 unspecified atom stereocenters. The number of rotatable bonds is 6. The van der Waals surface area contributed by atoms with E-state index in [-0.39, 0.29) is 4.90 Å². The molecule has 0 amide bonds. The molecule has 0 aliphatic rings. The Labute approximate surface area is 142 Å². The number of carbonyl (C=O) groups is 1. The number of hydrogen-bond donors (Lipinski definition) is 1. The summed E-state index contributed by atoms with van der Waals surface area (Å²) in [7, 11) is 0.837. The summed E-state index contributed by atoms with van der Waals surface area (Å²) in [6.45, 7) is 0.380. The van der Waals surface area contributed by atoms with Crippen LogP contribution in [0.2, 0.25) is 0 Å². The van der Waals surface area contributed by atoms with Gasteiger partial charge in [0.05, 0.1) is 17.6 Å². The maximum absolute atomic E-state index is 12.2. The molecule has 0 aromatic heterocycles. The molecule has 0 atom stereocenters. The summed E-state index contributed by atoms with van der Waals surface area (Å²) in [5.74, 6) is -0.429. The van der Waals surface area contributed by atoms with Gasteiger partial charge >= 0.3 is 5.97 Å². The average molecular weight is 348 g/mol. The molecule has 2 aromatic carbocycles. The lowest BCUT2D eigenvalue weighted by Gasteiger charge is -2.13. The number of nitrogens with zero attached hydrogens (tertiary/aromatic N) is 1. The molecule has 2 aromatic rings. The van der Waals surface area contributed by atoms with Gasteiger partial charge in [0.1, 0.15) is 0 Å². The van der Waals surface area contributed by atoms with Crippen LogP contribution in [0.4, 0.5) is 5.69 Å². The van der Waals surface area contributed by atoms with Crippen LogP contribution in [0.3, 0.4) is 0 Å². The quantitative estimate of drug-likeness (QED) is 0.811. The van der Waals surface area contributed by atoms with Gasteiger partial charge in [-0.25, -0.2) is 17.5 Å². The van der Waals surface area contributed by atoms with Crippen molar-refractivity contribution in [2.45, 2.75) is 11.4 Å². The first-order valence-corrected chi connectivity index (χ1v) is 8.73. The van der Waals surface area contributed by atoms with Gasteiger partial charge in [0.25, 0.3) is 0 Å². The van der Waals surface area contributed by atoms with Crippen LogP contribution in [-0.4, -0.2) is 39.9 Å². The molecule has 0 saturated heterocycles. The Kier molecular flexibility index (Phi) is 5.58. The SMILES string of the molecule is COC(=O)c1ccccc1NCc1cccc(S(=O)(=O)N(C)C)c1. The molecule has 2 rings (SSSR count). The molecule has 0 saturated carbocycles. The lowest BCUT2D eigenvalue weighted by Crippen LogP contribution is -2.22. The van der Waals surface area contributed by atoms with E-state index in [0.717, 1.165) is 5.56 Å². The monoisotopic (exact) mass is 348 g/mol. The Hall–Kier alpha value is -2.38. The standard InChI is InChI=1S/C17H20N2O4S/c1-19(2)24(21,22)14-8-6-7-13(11-14)12-18-16-10-5-4-9-15(16)17(20)23-3/h4-11,18H,12H2,1-3H3. The molecular weight excluding hydrogens is 328 g/mol. The van der Waals surface area contributed by atoms with Gasteiger partial charge < -0.3 is 10.1 Å². The van der Waals surface area contributed by atoms with Crippen molar-refractivity contribution in [1.82, 2.24) is 4.31 Å². The van der Waals surface area contributed by atoms with Crippen LogP contribution in [0.15, 0.2) is 53.4 Å². The maximum Gasteiger partial charge on any atom is 0.339 e. The van der Waals surface area contributed by atoms with E-state index >= 15 is 0 Å². The number of hydrogen-bond acceptors (Lipinski definition) is 5. The maximum atomic E-state index is 12.2. The summed E-state index contributed by atoms with van der Waals surface area (Å²) in [5, 5.41) is 3.14. The molecule has 0 radical (unpaired) electrons. The Balaban J connectivity index is 2.21. The second-order valence-electron chi connectivity index (χ2n) is 5.33. The fourth-order valence-electron chi connectivity index (χ4n) is 2.15. The highest BCUT2D eigenvalue weighted by molar-refractivity contribution is 7.89. The first-order valence-electron chi connectivity index (χ1n) is 7.29. The Morgan fingerprint density at radius 3 is 2.50 bits per heavy atom. The molecule has 0 spiro atoms. The van der Waals surface area contributed by atoms with Crippen LogP contribution >= 0.6 is 0 Å². The molecule has 0 aliphatic heterocycles. The number of benzene rings is 2. The summed E-state index contributed by atoms with van der Waals surface area (Å²) in [6, 6.07) is 13.7. The van der Waals surface area contributed by atoms with Crippen LogP contribution in [0.5, 0.6) is 0 Å². The molecule has 0 aliphatic carbocycles. The van der Waals surface area contributed by atoms with Gasteiger partial charge in [-0.1, -0.05) is 24.3 Å². The van der Waals surface area contributed by atoms with Crippen molar-refractivity contribution in [2.24, 2.45) is 0 Å². The number of nitrogens with one attached hydrogen (secondary N) is 1. The highest BCUT2D eigenvalue weighted by Gasteiger charge is 2.17. The zero-order valence-electron chi connectivity index (χ0n) is 13.8. The van der Waals surface area contributed by atoms with E-state index < -0.39 is 16.0 Å². The van der Waals surface area contributed by atoms with Gasteiger partial charge in [-0.15, -0.1) is 0 Å². The molecule has 0 heterocycles. The minimum atomic E-state index is -3.48. The van der Waals surface area contributed by atoms with Gasteiger partial charge in [-0.3, -0.25) is 0 Å². The molecular formula is C17H20N2O4S. The number of sulfonamides is 1. The second kappa shape index (κ2) is 7.46. The minimum absolute atomic E-state index is 0.230. The zero-order valence-corrected chi connectivity index (χ0v) is 14.6. The highest BCUT2D eigenvalue weighted by Crippen LogP contribution is 2.19. The van der Waals surface area contributed by atoms with E-state index in [9.17, 15) is 13.2 Å². The third kappa shape index (κ3) is 3.93. The predicted molar refractivity (Wildman–Crippen MR) is 92.4 cm³/mol. The van der Waals surface area contributed by atoms with Crippen LogP contribution in [0.25, 0.3) is 0 Å². The van der Waals surface area contributed by atoms with Crippen molar-refractivity contribution in [2.75, 3.05) is 26.5 Å². The minimum Gasteiger partial charge on any atom is -0.465 e. The van der Waals surface area contributed by atoms with E-state index in [1.807, 2.05) is 12.1 Å².